The van der Waals surface area contributed by atoms with Crippen LogP contribution in [0.4, 0.5) is 0 Å². The van der Waals surface area contributed by atoms with Gasteiger partial charge in [-0.05, 0) is 24.3 Å². The van der Waals surface area contributed by atoms with E-state index in [2.05, 4.69) is 5.16 Å². The van der Waals surface area contributed by atoms with Gasteiger partial charge < -0.3 is 9.62 Å². The molecule has 3 aromatic rings. The Kier molecular flexibility index (Phi) is 2.97. The van der Waals surface area contributed by atoms with Crippen molar-refractivity contribution in [2.45, 2.75) is 0 Å². The van der Waals surface area contributed by atoms with E-state index in [0.29, 0.717) is 21.7 Å². The molecule has 0 aliphatic heterocycles. The zero-order valence-corrected chi connectivity index (χ0v) is 10.6. The summed E-state index contributed by atoms with van der Waals surface area (Å²) >= 11 is 6.15. The van der Waals surface area contributed by atoms with Crippen LogP contribution in [0.15, 0.2) is 64.2 Å². The van der Waals surface area contributed by atoms with E-state index in [1.54, 1.807) is 12.1 Å². The number of hydrogen-bond donors (Lipinski definition) is 1. The lowest BCUT2D eigenvalue weighted by atomic mass is 10.1. The topological polar surface area (TPSA) is 45.7 Å². The molecule has 0 fully saturated rings. The van der Waals surface area contributed by atoms with Gasteiger partial charge in [-0.15, -0.1) is 0 Å². The van der Waals surface area contributed by atoms with E-state index in [1.165, 1.54) is 0 Å². The van der Waals surface area contributed by atoms with E-state index >= 15 is 0 Å². The van der Waals surface area contributed by atoms with Crippen molar-refractivity contribution in [1.29, 1.82) is 0 Å². The first-order valence-electron chi connectivity index (χ1n) is 5.75. The fraction of sp³-hybridized carbons (Fsp3) is 0. The molecule has 3 nitrogen and oxygen atoms in total. The molecule has 1 heterocycles. The number of fused-ring (bicyclic) bond motifs is 1. The maximum Gasteiger partial charge on any atom is 0.138 e. The van der Waals surface area contributed by atoms with Gasteiger partial charge in [0, 0.05) is 17.0 Å². The van der Waals surface area contributed by atoms with Gasteiger partial charge in [0.15, 0.2) is 0 Å². The minimum Gasteiger partial charge on any atom is -0.456 e. The third-order valence-electron chi connectivity index (χ3n) is 2.90. The number of para-hydroxylation sites is 1. The fourth-order valence-electron chi connectivity index (χ4n) is 1.99. The molecular weight excluding hydrogens is 262 g/mol. The molecule has 19 heavy (non-hydrogen) atoms. The van der Waals surface area contributed by atoms with Crippen LogP contribution in [0.3, 0.4) is 0 Å². The summed E-state index contributed by atoms with van der Waals surface area (Å²) < 4.78 is 5.82. The molecule has 3 rings (SSSR count). The van der Waals surface area contributed by atoms with Gasteiger partial charge in [0.2, 0.25) is 0 Å². The van der Waals surface area contributed by atoms with Crippen LogP contribution in [0, 0.1) is 0 Å². The Hall–Kier alpha value is -2.26. The highest BCUT2D eigenvalue weighted by Crippen LogP contribution is 2.28. The average Bonchev–Trinajstić information content (AvgIpc) is 2.46. The Labute approximate surface area is 114 Å². The molecule has 0 aliphatic rings. The number of halogens is 1. The first kappa shape index (κ1) is 11.8. The molecular formula is C15H10ClNO2. The van der Waals surface area contributed by atoms with Crippen molar-refractivity contribution < 1.29 is 9.62 Å². The van der Waals surface area contributed by atoms with Gasteiger partial charge in [-0.1, -0.05) is 41.0 Å². The summed E-state index contributed by atoms with van der Waals surface area (Å²) in [6.07, 6.45) is 0. The maximum atomic E-state index is 9.13. The molecule has 1 N–H and O–H groups in total. The van der Waals surface area contributed by atoms with Gasteiger partial charge in [-0.25, -0.2) is 0 Å². The largest absolute Gasteiger partial charge is 0.456 e. The van der Waals surface area contributed by atoms with Gasteiger partial charge in [-0.2, -0.15) is 0 Å². The molecule has 4 heteroatoms. The summed E-state index contributed by atoms with van der Waals surface area (Å²) in [5.74, 6) is 0.567. The van der Waals surface area contributed by atoms with Crippen LogP contribution < -0.4 is 5.36 Å². The van der Waals surface area contributed by atoms with Crippen LogP contribution in [0.1, 0.15) is 0 Å². The van der Waals surface area contributed by atoms with Crippen molar-refractivity contribution in [3.63, 3.8) is 0 Å². The quantitative estimate of drug-likeness (QED) is 0.536. The lowest BCUT2D eigenvalue weighted by molar-refractivity contribution is 0.302. The predicted molar refractivity (Wildman–Crippen MR) is 74.0 cm³/mol. The Morgan fingerprint density at radius 1 is 1.00 bits per heavy atom. The summed E-state index contributed by atoms with van der Waals surface area (Å²) in [5, 5.41) is 14.2. The lowest BCUT2D eigenvalue weighted by Crippen LogP contribution is -2.03. The molecule has 0 radical (unpaired) electrons. The fourth-order valence-corrected chi connectivity index (χ4v) is 2.22. The number of benzene rings is 2. The van der Waals surface area contributed by atoms with E-state index in [0.717, 1.165) is 10.9 Å². The highest BCUT2D eigenvalue weighted by molar-refractivity contribution is 6.33. The average molecular weight is 272 g/mol. The number of nitrogens with zero attached hydrogens (tertiary/aromatic N) is 1. The Morgan fingerprint density at radius 2 is 1.74 bits per heavy atom. The highest BCUT2D eigenvalue weighted by atomic mass is 35.5. The smallest absolute Gasteiger partial charge is 0.138 e. The number of hydrogen-bond acceptors (Lipinski definition) is 3. The summed E-state index contributed by atoms with van der Waals surface area (Å²) in [4.78, 5) is 0. The van der Waals surface area contributed by atoms with Crippen LogP contribution in [0.2, 0.25) is 5.02 Å². The molecule has 1 aromatic heterocycles. The monoisotopic (exact) mass is 271 g/mol. The normalized spacial score (nSPS) is 11.9. The van der Waals surface area contributed by atoms with E-state index < -0.39 is 0 Å². The van der Waals surface area contributed by atoms with Gasteiger partial charge >= 0.3 is 0 Å². The van der Waals surface area contributed by atoms with Crippen molar-refractivity contribution in [3.8, 4) is 11.3 Å². The van der Waals surface area contributed by atoms with Crippen molar-refractivity contribution >= 4 is 22.6 Å². The molecule has 0 spiro atoms. The van der Waals surface area contributed by atoms with E-state index in [-0.39, 0.29) is 0 Å². The predicted octanol–water partition coefficient (Wildman–Crippen LogP) is 4.04. The summed E-state index contributed by atoms with van der Waals surface area (Å²) in [6.45, 7) is 0. The second-order valence-corrected chi connectivity index (χ2v) is 4.48. The zero-order chi connectivity index (χ0) is 13.2. The van der Waals surface area contributed by atoms with Crippen molar-refractivity contribution in [2.75, 3.05) is 0 Å². The highest BCUT2D eigenvalue weighted by Gasteiger charge is 2.08. The van der Waals surface area contributed by atoms with Crippen molar-refractivity contribution in [1.82, 2.24) is 0 Å². The van der Waals surface area contributed by atoms with Gasteiger partial charge in [0.1, 0.15) is 16.7 Å². The molecule has 0 bridgehead atoms. The maximum absolute atomic E-state index is 9.13. The van der Waals surface area contributed by atoms with Crippen molar-refractivity contribution in [2.24, 2.45) is 5.16 Å². The summed E-state index contributed by atoms with van der Waals surface area (Å²) in [5.41, 5.74) is 1.41. The molecule has 0 amide bonds. The third-order valence-corrected chi connectivity index (χ3v) is 3.23. The Bertz CT molecular complexity index is 808. The lowest BCUT2D eigenvalue weighted by Gasteiger charge is -2.05. The SMILES string of the molecule is ON=c1cc(-c2ccccc2Cl)oc2ccccc12. The van der Waals surface area contributed by atoms with Crippen LogP contribution >= 0.6 is 11.6 Å². The number of rotatable bonds is 1. The van der Waals surface area contributed by atoms with Gasteiger partial charge in [0.05, 0.1) is 5.02 Å². The minimum atomic E-state index is 0.455. The van der Waals surface area contributed by atoms with Crippen LogP contribution in [-0.4, -0.2) is 5.21 Å². The van der Waals surface area contributed by atoms with E-state index in [1.807, 2.05) is 42.5 Å². The van der Waals surface area contributed by atoms with Gasteiger partial charge in [-0.3, -0.25) is 0 Å². The summed E-state index contributed by atoms with van der Waals surface area (Å²) in [7, 11) is 0. The molecule has 2 aromatic carbocycles. The van der Waals surface area contributed by atoms with Crippen molar-refractivity contribution in [3.05, 3.63) is 65.0 Å². The summed E-state index contributed by atoms with van der Waals surface area (Å²) in [6, 6.07) is 16.4. The first-order chi connectivity index (χ1) is 9.29. The van der Waals surface area contributed by atoms with Crippen LogP contribution in [0.25, 0.3) is 22.3 Å². The molecule has 0 atom stereocenters. The molecule has 0 unspecified atom stereocenters. The molecule has 94 valence electrons. The molecule has 0 aliphatic carbocycles. The zero-order valence-electron chi connectivity index (χ0n) is 9.88. The van der Waals surface area contributed by atoms with Crippen LogP contribution in [0.5, 0.6) is 0 Å². The van der Waals surface area contributed by atoms with E-state index in [4.69, 9.17) is 21.2 Å². The third kappa shape index (κ3) is 2.09. The van der Waals surface area contributed by atoms with E-state index in [9.17, 15) is 0 Å². The minimum absolute atomic E-state index is 0.455. The molecule has 0 saturated heterocycles. The van der Waals surface area contributed by atoms with Gasteiger partial charge in [0.25, 0.3) is 0 Å². The second kappa shape index (κ2) is 4.78. The van der Waals surface area contributed by atoms with Crippen LogP contribution in [-0.2, 0) is 0 Å². The Balaban J connectivity index is 2.36. The Morgan fingerprint density at radius 3 is 2.53 bits per heavy atom. The first-order valence-corrected chi connectivity index (χ1v) is 6.13. The standard InChI is InChI=1S/C15H10ClNO2/c16-12-7-3-1-5-10(12)15-9-13(17-18)11-6-2-4-8-14(11)19-15/h1-9,18H. The second-order valence-electron chi connectivity index (χ2n) is 4.07. The molecule has 0 saturated carbocycles.